The summed E-state index contributed by atoms with van der Waals surface area (Å²) >= 11 is 0. The van der Waals surface area contributed by atoms with Gasteiger partial charge >= 0.3 is 0 Å². The Kier molecular flexibility index (Phi) is 7.95. The normalized spacial score (nSPS) is 18.8. The number of hydrogen-bond donors (Lipinski definition) is 0. The summed E-state index contributed by atoms with van der Waals surface area (Å²) in [5.41, 5.74) is 0. The van der Waals surface area contributed by atoms with Gasteiger partial charge in [-0.1, -0.05) is 39.5 Å². The summed E-state index contributed by atoms with van der Waals surface area (Å²) in [5, 5.41) is 0. The third-order valence-corrected chi connectivity index (χ3v) is 5.76. The molecule has 0 unspecified atom stereocenters. The minimum atomic E-state index is -3.00. The maximum absolute atomic E-state index is 12.1. The van der Waals surface area contributed by atoms with E-state index in [1.807, 2.05) is 0 Å². The fourth-order valence-electron chi connectivity index (χ4n) is 2.48. The Bertz CT molecular complexity index is 322. The molecule has 1 aliphatic heterocycles. The largest absolute Gasteiger partial charge is 0.301 e. The minimum absolute atomic E-state index is 0.330. The van der Waals surface area contributed by atoms with E-state index in [1.54, 1.807) is 4.31 Å². The summed E-state index contributed by atoms with van der Waals surface area (Å²) in [6.45, 7) is 8.59. The van der Waals surface area contributed by atoms with Gasteiger partial charge in [0.1, 0.15) is 0 Å². The van der Waals surface area contributed by atoms with Gasteiger partial charge < -0.3 is 4.90 Å². The number of nitrogens with zero attached hydrogens (tertiary/aromatic N) is 2. The van der Waals surface area contributed by atoms with Crippen molar-refractivity contribution in [1.82, 2.24) is 9.21 Å². The molecule has 114 valence electrons. The second-order valence-corrected chi connectivity index (χ2v) is 7.56. The van der Waals surface area contributed by atoms with E-state index < -0.39 is 10.0 Å². The van der Waals surface area contributed by atoms with Crippen molar-refractivity contribution in [3.63, 3.8) is 0 Å². The van der Waals surface area contributed by atoms with Crippen molar-refractivity contribution in [3.8, 4) is 0 Å². The van der Waals surface area contributed by atoms with Gasteiger partial charge in [0, 0.05) is 26.2 Å². The predicted molar refractivity (Wildman–Crippen MR) is 80.8 cm³/mol. The molecule has 0 bridgehead atoms. The third kappa shape index (κ3) is 6.23. The molecule has 1 rings (SSSR count). The van der Waals surface area contributed by atoms with Crippen LogP contribution >= 0.6 is 0 Å². The molecule has 0 N–H and O–H groups in total. The molecule has 1 heterocycles. The third-order valence-electron chi connectivity index (χ3n) is 3.81. The molecule has 0 aliphatic carbocycles. The van der Waals surface area contributed by atoms with E-state index in [1.165, 1.54) is 19.3 Å². The van der Waals surface area contributed by atoms with Crippen LogP contribution in [0.15, 0.2) is 0 Å². The highest BCUT2D eigenvalue weighted by Crippen LogP contribution is 2.11. The molecule has 0 aromatic rings. The Morgan fingerprint density at radius 1 is 0.842 bits per heavy atom. The van der Waals surface area contributed by atoms with Crippen LogP contribution in [0.1, 0.15) is 52.4 Å². The van der Waals surface area contributed by atoms with Crippen LogP contribution in [-0.2, 0) is 10.0 Å². The zero-order valence-electron chi connectivity index (χ0n) is 12.6. The van der Waals surface area contributed by atoms with Crippen LogP contribution in [0.5, 0.6) is 0 Å². The molecule has 1 saturated heterocycles. The van der Waals surface area contributed by atoms with Crippen LogP contribution < -0.4 is 0 Å². The summed E-state index contributed by atoms with van der Waals surface area (Å²) in [6, 6.07) is 0. The van der Waals surface area contributed by atoms with Crippen molar-refractivity contribution in [2.45, 2.75) is 52.4 Å². The van der Waals surface area contributed by atoms with Gasteiger partial charge in [-0.3, -0.25) is 0 Å². The first kappa shape index (κ1) is 16.9. The number of hydrogen-bond acceptors (Lipinski definition) is 3. The lowest BCUT2D eigenvalue weighted by molar-refractivity contribution is 0.185. The van der Waals surface area contributed by atoms with Crippen molar-refractivity contribution in [2.24, 2.45) is 0 Å². The first-order valence-electron chi connectivity index (χ1n) is 7.80. The van der Waals surface area contributed by atoms with Gasteiger partial charge in [-0.25, -0.2) is 8.42 Å². The van der Waals surface area contributed by atoms with Gasteiger partial charge in [0.05, 0.1) is 5.75 Å². The SMILES string of the molecule is CCCCCN1CCN(S(=O)(=O)CCCCC)CC1. The van der Waals surface area contributed by atoms with E-state index in [-0.39, 0.29) is 0 Å². The lowest BCUT2D eigenvalue weighted by Crippen LogP contribution is -2.49. The summed E-state index contributed by atoms with van der Waals surface area (Å²) in [6.07, 6.45) is 6.63. The number of sulfonamides is 1. The highest BCUT2D eigenvalue weighted by atomic mass is 32.2. The summed E-state index contributed by atoms with van der Waals surface area (Å²) in [5.74, 6) is 0.330. The van der Waals surface area contributed by atoms with E-state index in [2.05, 4.69) is 18.7 Å². The quantitative estimate of drug-likeness (QED) is 0.612. The molecule has 4 nitrogen and oxygen atoms in total. The van der Waals surface area contributed by atoms with Crippen LogP contribution in [0.3, 0.4) is 0 Å². The van der Waals surface area contributed by atoms with Crippen molar-refractivity contribution in [3.05, 3.63) is 0 Å². The number of piperazine rings is 1. The first-order valence-corrected chi connectivity index (χ1v) is 9.41. The van der Waals surface area contributed by atoms with E-state index >= 15 is 0 Å². The molecular weight excluding hydrogens is 260 g/mol. The van der Waals surface area contributed by atoms with Crippen molar-refractivity contribution in [2.75, 3.05) is 38.5 Å². The second kappa shape index (κ2) is 8.93. The average molecular weight is 290 g/mol. The smallest absolute Gasteiger partial charge is 0.214 e. The minimum Gasteiger partial charge on any atom is -0.301 e. The lowest BCUT2D eigenvalue weighted by atomic mass is 10.2. The Labute approximate surface area is 119 Å². The molecule has 0 saturated carbocycles. The van der Waals surface area contributed by atoms with Gasteiger partial charge in [-0.15, -0.1) is 0 Å². The first-order chi connectivity index (χ1) is 9.10. The van der Waals surface area contributed by atoms with E-state index in [9.17, 15) is 8.42 Å². The Morgan fingerprint density at radius 3 is 2.00 bits per heavy atom. The summed E-state index contributed by atoms with van der Waals surface area (Å²) in [4.78, 5) is 2.40. The molecule has 0 radical (unpaired) electrons. The standard InChI is InChI=1S/C14H30N2O2S/c1-3-5-7-9-15-10-12-16(13-11-15)19(17,18)14-8-6-4-2/h3-14H2,1-2H3. The van der Waals surface area contributed by atoms with Gasteiger partial charge in [0.2, 0.25) is 10.0 Å². The maximum Gasteiger partial charge on any atom is 0.214 e. The van der Waals surface area contributed by atoms with E-state index in [0.29, 0.717) is 18.8 Å². The number of rotatable bonds is 9. The van der Waals surface area contributed by atoms with Crippen LogP contribution in [0.4, 0.5) is 0 Å². The average Bonchev–Trinajstić information content (AvgIpc) is 2.40. The fraction of sp³-hybridized carbons (Fsp3) is 1.00. The molecule has 0 amide bonds. The molecule has 5 heteroatoms. The Balaban J connectivity index is 2.28. The highest BCUT2D eigenvalue weighted by molar-refractivity contribution is 7.89. The topological polar surface area (TPSA) is 40.6 Å². The molecule has 0 aromatic carbocycles. The van der Waals surface area contributed by atoms with Crippen LogP contribution in [0, 0.1) is 0 Å². The monoisotopic (exact) mass is 290 g/mol. The summed E-state index contributed by atoms with van der Waals surface area (Å²) < 4.78 is 26.0. The zero-order chi connectivity index (χ0) is 14.1. The van der Waals surface area contributed by atoms with E-state index in [0.717, 1.165) is 38.9 Å². The van der Waals surface area contributed by atoms with Gasteiger partial charge in [-0.2, -0.15) is 4.31 Å². The summed E-state index contributed by atoms with van der Waals surface area (Å²) in [7, 11) is -3.00. The fourth-order valence-corrected chi connectivity index (χ4v) is 4.03. The molecule has 0 spiro atoms. The lowest BCUT2D eigenvalue weighted by Gasteiger charge is -2.34. The molecule has 19 heavy (non-hydrogen) atoms. The molecule has 1 fully saturated rings. The van der Waals surface area contributed by atoms with Gasteiger partial charge in [0.25, 0.3) is 0 Å². The number of unbranched alkanes of at least 4 members (excludes halogenated alkanes) is 4. The zero-order valence-corrected chi connectivity index (χ0v) is 13.4. The second-order valence-electron chi connectivity index (χ2n) is 5.47. The maximum atomic E-state index is 12.1. The highest BCUT2D eigenvalue weighted by Gasteiger charge is 2.25. The van der Waals surface area contributed by atoms with Crippen LogP contribution in [-0.4, -0.2) is 56.1 Å². The predicted octanol–water partition coefficient (Wildman–Crippen LogP) is 2.31. The van der Waals surface area contributed by atoms with Crippen LogP contribution in [0.25, 0.3) is 0 Å². The van der Waals surface area contributed by atoms with Crippen molar-refractivity contribution < 1.29 is 8.42 Å². The molecule has 1 aliphatic rings. The van der Waals surface area contributed by atoms with Crippen LogP contribution in [0.2, 0.25) is 0 Å². The van der Waals surface area contributed by atoms with E-state index in [4.69, 9.17) is 0 Å². The molecule has 0 aromatic heterocycles. The van der Waals surface area contributed by atoms with Crippen molar-refractivity contribution in [1.29, 1.82) is 0 Å². The molecular formula is C14H30N2O2S. The molecule has 0 atom stereocenters. The Morgan fingerprint density at radius 2 is 1.42 bits per heavy atom. The Hall–Kier alpha value is -0.130. The van der Waals surface area contributed by atoms with Gasteiger partial charge in [-0.05, 0) is 19.4 Å². The van der Waals surface area contributed by atoms with Gasteiger partial charge in [0.15, 0.2) is 0 Å². The van der Waals surface area contributed by atoms with Crippen molar-refractivity contribution >= 4 is 10.0 Å².